The van der Waals surface area contributed by atoms with E-state index in [1.807, 2.05) is 0 Å². The van der Waals surface area contributed by atoms with E-state index in [1.165, 1.54) is 0 Å². The van der Waals surface area contributed by atoms with Gasteiger partial charge in [-0.05, 0) is 26.2 Å². The molecule has 0 aromatic rings. The molecule has 0 unspecified atom stereocenters. The molecule has 1 fully saturated rings. The molecule has 1 rings (SSSR count). The number of ether oxygens (including phenoxy) is 1. The molecule has 0 aromatic heterocycles. The minimum absolute atomic E-state index is 0.0272. The topological polar surface area (TPSA) is 38.3 Å². The van der Waals surface area contributed by atoms with Crippen LogP contribution in [0, 0.1) is 0 Å². The van der Waals surface area contributed by atoms with E-state index in [-0.39, 0.29) is 13.0 Å². The minimum atomic E-state index is -4.29. The Morgan fingerprint density at radius 1 is 1.47 bits per heavy atom. The molecule has 1 aliphatic rings. The first kappa shape index (κ1) is 12.3. The average molecular weight is 225 g/mol. The van der Waals surface area contributed by atoms with Gasteiger partial charge in [0.15, 0.2) is 0 Å². The van der Waals surface area contributed by atoms with Gasteiger partial charge >= 0.3 is 12.1 Å². The summed E-state index contributed by atoms with van der Waals surface area (Å²) in [6, 6.07) is -2.40. The van der Waals surface area contributed by atoms with E-state index in [0.717, 1.165) is 0 Å². The van der Waals surface area contributed by atoms with Crippen molar-refractivity contribution in [1.82, 2.24) is 5.32 Å². The van der Waals surface area contributed by atoms with Crippen molar-refractivity contribution in [2.45, 2.75) is 44.4 Å². The number of piperidine rings is 1. The quantitative estimate of drug-likeness (QED) is 0.726. The summed E-state index contributed by atoms with van der Waals surface area (Å²) in [5.41, 5.74) is 0. The smallest absolute Gasteiger partial charge is 0.403 e. The summed E-state index contributed by atoms with van der Waals surface area (Å²) in [6.07, 6.45) is -3.46. The largest absolute Gasteiger partial charge is 0.465 e. The lowest BCUT2D eigenvalue weighted by atomic mass is 9.98. The molecule has 0 amide bonds. The van der Waals surface area contributed by atoms with E-state index in [9.17, 15) is 18.0 Å². The van der Waals surface area contributed by atoms with Gasteiger partial charge in [0.1, 0.15) is 12.1 Å². The molecule has 1 aliphatic heterocycles. The third-order valence-corrected chi connectivity index (χ3v) is 2.35. The van der Waals surface area contributed by atoms with E-state index in [0.29, 0.717) is 12.8 Å². The fraction of sp³-hybridized carbons (Fsp3) is 0.889. The molecule has 0 aromatic carbocycles. The Bertz CT molecular complexity index is 230. The van der Waals surface area contributed by atoms with Gasteiger partial charge in [-0.15, -0.1) is 0 Å². The Morgan fingerprint density at radius 2 is 2.13 bits per heavy atom. The molecule has 1 heterocycles. The van der Waals surface area contributed by atoms with Gasteiger partial charge in [-0.25, -0.2) is 0 Å². The normalized spacial score (nSPS) is 27.5. The van der Waals surface area contributed by atoms with Crippen molar-refractivity contribution in [3.05, 3.63) is 0 Å². The number of rotatable bonds is 2. The Hall–Kier alpha value is -0.780. The third kappa shape index (κ3) is 3.37. The number of carbonyl (C=O) groups excluding carboxylic acids is 1. The van der Waals surface area contributed by atoms with Crippen LogP contribution in [0.25, 0.3) is 0 Å². The third-order valence-electron chi connectivity index (χ3n) is 2.35. The summed E-state index contributed by atoms with van der Waals surface area (Å²) >= 11 is 0. The van der Waals surface area contributed by atoms with Gasteiger partial charge in [0, 0.05) is 0 Å². The molecular weight excluding hydrogens is 211 g/mol. The standard InChI is InChI=1S/C9H14F3NO2/c1-2-15-8(14)6-4-3-5-7(13-6)9(10,11)12/h6-7,13H,2-5H2,1H3/t6-,7+/m1/s1. The molecule has 3 nitrogen and oxygen atoms in total. The first-order valence-electron chi connectivity index (χ1n) is 4.94. The van der Waals surface area contributed by atoms with E-state index in [4.69, 9.17) is 0 Å². The number of hydrogen-bond donors (Lipinski definition) is 1. The van der Waals surface area contributed by atoms with Gasteiger partial charge in [0.25, 0.3) is 0 Å². The number of esters is 1. The van der Waals surface area contributed by atoms with Crippen LogP contribution in [0.15, 0.2) is 0 Å². The molecule has 15 heavy (non-hydrogen) atoms. The van der Waals surface area contributed by atoms with E-state index >= 15 is 0 Å². The SMILES string of the molecule is CCOC(=O)[C@H]1CCC[C@@H](C(F)(F)F)N1. The zero-order valence-electron chi connectivity index (χ0n) is 8.43. The van der Waals surface area contributed by atoms with Crippen LogP contribution in [0.3, 0.4) is 0 Å². The van der Waals surface area contributed by atoms with Crippen molar-refractivity contribution >= 4 is 5.97 Å². The summed E-state index contributed by atoms with van der Waals surface area (Å²) in [4.78, 5) is 11.2. The molecule has 1 N–H and O–H groups in total. The molecular formula is C9H14F3NO2. The van der Waals surface area contributed by atoms with Crippen molar-refractivity contribution in [2.75, 3.05) is 6.61 Å². The van der Waals surface area contributed by atoms with Crippen LogP contribution >= 0.6 is 0 Å². The van der Waals surface area contributed by atoms with Crippen LogP contribution in [0.1, 0.15) is 26.2 Å². The van der Waals surface area contributed by atoms with Gasteiger partial charge in [0.05, 0.1) is 6.61 Å². The first-order chi connectivity index (χ1) is 6.95. The van der Waals surface area contributed by atoms with E-state index < -0.39 is 24.2 Å². The lowest BCUT2D eigenvalue weighted by molar-refractivity contribution is -0.168. The lowest BCUT2D eigenvalue weighted by Gasteiger charge is -2.30. The number of nitrogens with one attached hydrogen (secondary N) is 1. The average Bonchev–Trinajstić information content (AvgIpc) is 2.17. The molecule has 0 aliphatic carbocycles. The highest BCUT2D eigenvalue weighted by Crippen LogP contribution is 2.27. The van der Waals surface area contributed by atoms with Crippen molar-refractivity contribution in [2.24, 2.45) is 0 Å². The Kier molecular flexibility index (Phi) is 3.96. The second-order valence-corrected chi connectivity index (χ2v) is 3.50. The molecule has 0 spiro atoms. The maximum Gasteiger partial charge on any atom is 0.403 e. The summed E-state index contributed by atoms with van der Waals surface area (Å²) in [7, 11) is 0. The van der Waals surface area contributed by atoms with Crippen molar-refractivity contribution in [1.29, 1.82) is 0 Å². The highest BCUT2D eigenvalue weighted by atomic mass is 19.4. The number of hydrogen-bond acceptors (Lipinski definition) is 3. The molecule has 0 bridgehead atoms. The van der Waals surface area contributed by atoms with E-state index in [2.05, 4.69) is 10.1 Å². The summed E-state index contributed by atoms with van der Waals surface area (Å²) < 4.78 is 41.7. The molecule has 1 saturated heterocycles. The molecule has 2 atom stereocenters. The molecule has 0 saturated carbocycles. The number of halogens is 3. The van der Waals surface area contributed by atoms with Gasteiger partial charge < -0.3 is 4.74 Å². The van der Waals surface area contributed by atoms with Crippen LogP contribution in [0.4, 0.5) is 13.2 Å². The highest BCUT2D eigenvalue weighted by molar-refractivity contribution is 5.75. The predicted octanol–water partition coefficient (Wildman–Crippen LogP) is 1.62. The van der Waals surface area contributed by atoms with Gasteiger partial charge in [-0.3, -0.25) is 10.1 Å². The van der Waals surface area contributed by atoms with Crippen molar-refractivity contribution in [3.8, 4) is 0 Å². The molecule has 6 heteroatoms. The van der Waals surface area contributed by atoms with Gasteiger partial charge in [-0.1, -0.05) is 0 Å². The number of alkyl halides is 3. The summed E-state index contributed by atoms with van der Waals surface area (Å²) in [6.45, 7) is 1.82. The maximum atomic E-state index is 12.3. The summed E-state index contributed by atoms with van der Waals surface area (Å²) in [5, 5.41) is 2.28. The zero-order valence-corrected chi connectivity index (χ0v) is 8.43. The van der Waals surface area contributed by atoms with Crippen LogP contribution < -0.4 is 5.32 Å². The second-order valence-electron chi connectivity index (χ2n) is 3.50. The van der Waals surface area contributed by atoms with Crippen LogP contribution in [0.2, 0.25) is 0 Å². The highest BCUT2D eigenvalue weighted by Gasteiger charge is 2.43. The van der Waals surface area contributed by atoms with Gasteiger partial charge in [0.2, 0.25) is 0 Å². The fourth-order valence-corrected chi connectivity index (χ4v) is 1.62. The van der Waals surface area contributed by atoms with Crippen molar-refractivity contribution < 1.29 is 22.7 Å². The zero-order chi connectivity index (χ0) is 11.5. The second kappa shape index (κ2) is 4.83. The Morgan fingerprint density at radius 3 is 2.67 bits per heavy atom. The first-order valence-corrected chi connectivity index (χ1v) is 4.94. The van der Waals surface area contributed by atoms with Crippen molar-refractivity contribution in [3.63, 3.8) is 0 Å². The lowest BCUT2D eigenvalue weighted by Crippen LogP contribution is -2.53. The Balaban J connectivity index is 2.52. The van der Waals surface area contributed by atoms with Gasteiger partial charge in [-0.2, -0.15) is 13.2 Å². The Labute approximate surface area is 86.0 Å². The molecule has 0 radical (unpaired) electrons. The molecule has 88 valence electrons. The maximum absolute atomic E-state index is 12.3. The van der Waals surface area contributed by atoms with E-state index in [1.54, 1.807) is 6.92 Å². The van der Waals surface area contributed by atoms with Crippen LogP contribution in [-0.4, -0.2) is 30.8 Å². The predicted molar refractivity (Wildman–Crippen MR) is 47.3 cm³/mol. The van der Waals surface area contributed by atoms with Crippen LogP contribution in [0.5, 0.6) is 0 Å². The fourth-order valence-electron chi connectivity index (χ4n) is 1.62. The monoisotopic (exact) mass is 225 g/mol. The van der Waals surface area contributed by atoms with Crippen LogP contribution in [-0.2, 0) is 9.53 Å². The minimum Gasteiger partial charge on any atom is -0.465 e. The summed E-state index contributed by atoms with van der Waals surface area (Å²) in [5.74, 6) is -0.591. The number of carbonyl (C=O) groups is 1.